The van der Waals surface area contributed by atoms with Crippen LogP contribution >= 0.6 is 0 Å². The number of hydrogen-bond donors (Lipinski definition) is 1. The molecule has 2 heterocycles. The third kappa shape index (κ3) is 2.16. The van der Waals surface area contributed by atoms with Gasteiger partial charge in [0.25, 0.3) is 11.2 Å². The van der Waals surface area contributed by atoms with Crippen LogP contribution in [0.15, 0.2) is 29.3 Å². The van der Waals surface area contributed by atoms with E-state index in [2.05, 4.69) is 4.98 Å². The molecule has 1 aromatic carbocycles. The minimum atomic E-state index is -0.533. The number of rotatable bonds is 1. The number of aromatic nitrogens is 2. The van der Waals surface area contributed by atoms with Gasteiger partial charge in [0, 0.05) is 24.3 Å². The Morgan fingerprint density at radius 1 is 1.38 bits per heavy atom. The highest BCUT2D eigenvalue weighted by Crippen LogP contribution is 2.27. The molecule has 21 heavy (non-hydrogen) atoms. The molecule has 0 spiro atoms. The molecule has 0 aliphatic carbocycles. The predicted molar refractivity (Wildman–Crippen MR) is 77.1 cm³/mol. The number of benzene rings is 1. The number of allylic oxidation sites excluding steroid dienone is 1. The van der Waals surface area contributed by atoms with Gasteiger partial charge in [-0.1, -0.05) is 0 Å². The SMILES string of the molecule is O=c1nc2n(c3ccc([N+](=O)[O-])cc13)CCCC/C2=C/O. The van der Waals surface area contributed by atoms with E-state index in [1.54, 1.807) is 6.07 Å². The number of nitrogens with zero attached hydrogens (tertiary/aromatic N) is 3. The average molecular weight is 287 g/mol. The van der Waals surface area contributed by atoms with E-state index in [9.17, 15) is 20.0 Å². The first-order valence-electron chi connectivity index (χ1n) is 6.64. The van der Waals surface area contributed by atoms with Crippen molar-refractivity contribution in [2.45, 2.75) is 25.8 Å². The summed E-state index contributed by atoms with van der Waals surface area (Å²) < 4.78 is 1.84. The maximum absolute atomic E-state index is 12.1. The average Bonchev–Trinajstić information content (AvgIpc) is 2.69. The molecule has 1 aliphatic heterocycles. The molecule has 0 radical (unpaired) electrons. The second-order valence-corrected chi connectivity index (χ2v) is 4.96. The molecule has 0 unspecified atom stereocenters. The van der Waals surface area contributed by atoms with Crippen molar-refractivity contribution >= 4 is 22.2 Å². The Labute approximate surface area is 119 Å². The zero-order valence-corrected chi connectivity index (χ0v) is 11.2. The van der Waals surface area contributed by atoms with E-state index in [0.29, 0.717) is 29.9 Å². The zero-order valence-electron chi connectivity index (χ0n) is 11.2. The largest absolute Gasteiger partial charge is 0.515 e. The number of fused-ring (bicyclic) bond motifs is 3. The van der Waals surface area contributed by atoms with Gasteiger partial charge in [0.1, 0.15) is 5.82 Å². The van der Waals surface area contributed by atoms with Crippen LogP contribution in [0.4, 0.5) is 5.69 Å². The first-order chi connectivity index (χ1) is 10.1. The number of hydrogen-bond acceptors (Lipinski definition) is 5. The van der Waals surface area contributed by atoms with Crippen LogP contribution in [0.1, 0.15) is 25.1 Å². The molecule has 0 atom stereocenters. The number of nitro benzene ring substituents is 1. The van der Waals surface area contributed by atoms with Crippen molar-refractivity contribution in [1.29, 1.82) is 0 Å². The zero-order chi connectivity index (χ0) is 15.0. The summed E-state index contributed by atoms with van der Waals surface area (Å²) in [6, 6.07) is 4.20. The third-order valence-electron chi connectivity index (χ3n) is 3.70. The first kappa shape index (κ1) is 13.3. The van der Waals surface area contributed by atoms with Crippen molar-refractivity contribution in [3.05, 3.63) is 50.8 Å². The summed E-state index contributed by atoms with van der Waals surface area (Å²) >= 11 is 0. The minimum absolute atomic E-state index is 0.131. The summed E-state index contributed by atoms with van der Waals surface area (Å²) in [5, 5.41) is 20.4. The molecule has 7 nitrogen and oxygen atoms in total. The lowest BCUT2D eigenvalue weighted by molar-refractivity contribution is -0.384. The molecule has 108 valence electrons. The Kier molecular flexibility index (Phi) is 3.17. The highest BCUT2D eigenvalue weighted by molar-refractivity contribution is 5.82. The third-order valence-corrected chi connectivity index (χ3v) is 3.70. The Morgan fingerprint density at radius 2 is 2.19 bits per heavy atom. The number of aliphatic hydroxyl groups is 1. The van der Waals surface area contributed by atoms with Crippen LogP contribution in [-0.2, 0) is 6.54 Å². The lowest BCUT2D eigenvalue weighted by Crippen LogP contribution is -2.18. The summed E-state index contributed by atoms with van der Waals surface area (Å²) in [6.45, 7) is 0.661. The van der Waals surface area contributed by atoms with Crippen LogP contribution in [0.25, 0.3) is 16.5 Å². The van der Waals surface area contributed by atoms with Gasteiger partial charge in [-0.15, -0.1) is 0 Å². The predicted octanol–water partition coefficient (Wildman–Crippen LogP) is 2.39. The van der Waals surface area contributed by atoms with Crippen LogP contribution in [0, 0.1) is 10.1 Å². The smallest absolute Gasteiger partial charge is 0.281 e. The van der Waals surface area contributed by atoms with E-state index in [-0.39, 0.29) is 11.1 Å². The fraction of sp³-hybridized carbons (Fsp3) is 0.286. The van der Waals surface area contributed by atoms with Gasteiger partial charge in [-0.2, -0.15) is 4.98 Å². The van der Waals surface area contributed by atoms with Crippen molar-refractivity contribution in [3.63, 3.8) is 0 Å². The van der Waals surface area contributed by atoms with Crippen LogP contribution in [0.2, 0.25) is 0 Å². The van der Waals surface area contributed by atoms with E-state index < -0.39 is 10.5 Å². The second-order valence-electron chi connectivity index (χ2n) is 4.96. The lowest BCUT2D eigenvalue weighted by atomic mass is 10.1. The Bertz CT molecular complexity index is 823. The molecule has 0 bridgehead atoms. The molecule has 0 saturated carbocycles. The van der Waals surface area contributed by atoms with Crippen molar-refractivity contribution in [3.8, 4) is 0 Å². The van der Waals surface area contributed by atoms with Gasteiger partial charge in [-0.25, -0.2) is 0 Å². The molecule has 7 heteroatoms. The summed E-state index contributed by atoms with van der Waals surface area (Å²) in [5.41, 5.74) is 0.580. The van der Waals surface area contributed by atoms with E-state index in [1.165, 1.54) is 12.1 Å². The van der Waals surface area contributed by atoms with Crippen LogP contribution in [-0.4, -0.2) is 19.6 Å². The molecular weight excluding hydrogens is 274 g/mol. The maximum Gasteiger partial charge on any atom is 0.281 e. The van der Waals surface area contributed by atoms with Crippen LogP contribution < -0.4 is 5.56 Å². The fourth-order valence-corrected chi connectivity index (χ4v) is 2.67. The molecule has 0 amide bonds. The molecule has 2 aromatic rings. The number of aliphatic hydroxyl groups excluding tert-OH is 1. The maximum atomic E-state index is 12.1. The monoisotopic (exact) mass is 287 g/mol. The van der Waals surface area contributed by atoms with Gasteiger partial charge in [0.15, 0.2) is 0 Å². The van der Waals surface area contributed by atoms with Gasteiger partial charge in [-0.3, -0.25) is 14.9 Å². The Hall–Kier alpha value is -2.70. The number of aryl methyl sites for hydroxylation is 1. The topological polar surface area (TPSA) is 98.3 Å². The van der Waals surface area contributed by atoms with Gasteiger partial charge in [0.2, 0.25) is 0 Å². The number of non-ortho nitro benzene ring substituents is 1. The van der Waals surface area contributed by atoms with Crippen LogP contribution in [0.3, 0.4) is 0 Å². The van der Waals surface area contributed by atoms with E-state index in [4.69, 9.17) is 0 Å². The summed E-state index contributed by atoms with van der Waals surface area (Å²) in [7, 11) is 0. The Morgan fingerprint density at radius 3 is 2.90 bits per heavy atom. The number of nitro groups is 1. The van der Waals surface area contributed by atoms with Gasteiger partial charge in [0.05, 0.1) is 22.1 Å². The molecule has 3 rings (SSSR count). The fourth-order valence-electron chi connectivity index (χ4n) is 2.67. The first-order valence-corrected chi connectivity index (χ1v) is 6.64. The molecular formula is C14H13N3O4. The van der Waals surface area contributed by atoms with Crippen molar-refractivity contribution in [2.75, 3.05) is 0 Å². The normalized spacial score (nSPS) is 16.7. The summed E-state index contributed by atoms with van der Waals surface area (Å²) in [4.78, 5) is 26.5. The van der Waals surface area contributed by atoms with Gasteiger partial charge in [-0.05, 0) is 25.3 Å². The van der Waals surface area contributed by atoms with Crippen molar-refractivity contribution in [1.82, 2.24) is 9.55 Å². The quantitative estimate of drug-likeness (QED) is 0.493. The van der Waals surface area contributed by atoms with Crippen LogP contribution in [0.5, 0.6) is 0 Å². The molecule has 1 N–H and O–H groups in total. The van der Waals surface area contributed by atoms with Crippen molar-refractivity contribution in [2.24, 2.45) is 0 Å². The van der Waals surface area contributed by atoms with Crippen molar-refractivity contribution < 1.29 is 10.0 Å². The standard InChI is InChI=1S/C14H13N3O4/c18-8-9-3-1-2-6-16-12-5-4-10(17(20)21)7-11(12)14(19)15-13(9)16/h4-5,7-8,18H,1-3,6H2/b9-8-. The van der Waals surface area contributed by atoms with Gasteiger partial charge < -0.3 is 9.67 Å². The van der Waals surface area contributed by atoms with E-state index in [1.807, 2.05) is 4.57 Å². The molecule has 1 aromatic heterocycles. The minimum Gasteiger partial charge on any atom is -0.515 e. The highest BCUT2D eigenvalue weighted by atomic mass is 16.6. The van der Waals surface area contributed by atoms with Gasteiger partial charge >= 0.3 is 0 Å². The molecule has 1 aliphatic rings. The Balaban J connectivity index is 2.36. The summed E-state index contributed by atoms with van der Waals surface area (Å²) in [6.07, 6.45) is 3.42. The van der Waals surface area contributed by atoms with E-state index >= 15 is 0 Å². The highest BCUT2D eigenvalue weighted by Gasteiger charge is 2.19. The summed E-state index contributed by atoms with van der Waals surface area (Å²) in [5.74, 6) is 0.446. The molecule has 0 fully saturated rings. The molecule has 0 saturated heterocycles. The van der Waals surface area contributed by atoms with E-state index in [0.717, 1.165) is 19.1 Å². The second kappa shape index (κ2) is 5.01. The lowest BCUT2D eigenvalue weighted by Gasteiger charge is -2.13.